The predicted octanol–water partition coefficient (Wildman–Crippen LogP) is 2.14. The topological polar surface area (TPSA) is 29.3 Å². The summed E-state index contributed by atoms with van der Waals surface area (Å²) in [4.78, 5) is 2.09. The van der Waals surface area contributed by atoms with Gasteiger partial charge < -0.3 is 5.73 Å². The number of nitrogens with zero attached hydrogens (tertiary/aromatic N) is 1. The molecule has 1 aromatic carbocycles. The molecule has 0 spiro atoms. The van der Waals surface area contributed by atoms with Gasteiger partial charge in [0.1, 0.15) is 11.6 Å². The molecule has 1 heterocycles. The molecule has 0 unspecified atom stereocenters. The van der Waals surface area contributed by atoms with E-state index in [9.17, 15) is 8.78 Å². The van der Waals surface area contributed by atoms with Crippen LogP contribution in [0, 0.1) is 17.6 Å². The molecule has 0 saturated carbocycles. The highest BCUT2D eigenvalue weighted by molar-refractivity contribution is 5.19. The normalized spacial score (nSPS) is 21.7. The zero-order chi connectivity index (χ0) is 12.3. The summed E-state index contributed by atoms with van der Waals surface area (Å²) in [5.41, 5.74) is 5.82. The summed E-state index contributed by atoms with van der Waals surface area (Å²) in [5, 5.41) is 0. The quantitative estimate of drug-likeness (QED) is 0.877. The van der Waals surface area contributed by atoms with E-state index in [1.54, 1.807) is 0 Å². The summed E-state index contributed by atoms with van der Waals surface area (Å²) in [6.07, 6.45) is 2.17. The maximum absolute atomic E-state index is 13.5. The Morgan fingerprint density at radius 3 is 2.65 bits per heavy atom. The van der Waals surface area contributed by atoms with Crippen LogP contribution in [0.4, 0.5) is 8.78 Å². The van der Waals surface area contributed by atoms with Gasteiger partial charge in [0.2, 0.25) is 0 Å². The van der Waals surface area contributed by atoms with Crippen LogP contribution in [0.3, 0.4) is 0 Å². The van der Waals surface area contributed by atoms with E-state index in [0.717, 1.165) is 25.9 Å². The molecule has 2 rings (SSSR count). The Hall–Kier alpha value is -1.00. The Kier molecular flexibility index (Phi) is 4.07. The fourth-order valence-corrected chi connectivity index (χ4v) is 2.39. The average Bonchev–Trinajstić information content (AvgIpc) is 2.34. The fourth-order valence-electron chi connectivity index (χ4n) is 2.39. The molecule has 0 aliphatic carbocycles. The van der Waals surface area contributed by atoms with Gasteiger partial charge in [-0.1, -0.05) is 6.07 Å². The van der Waals surface area contributed by atoms with Crippen LogP contribution in [-0.2, 0) is 6.54 Å². The molecular formula is C13H18F2N2. The van der Waals surface area contributed by atoms with Gasteiger partial charge >= 0.3 is 0 Å². The molecule has 17 heavy (non-hydrogen) atoms. The molecule has 1 fully saturated rings. The standard InChI is InChI=1S/C13H18F2N2/c14-12-4-1-5-13(15)11(12)9-17-6-2-3-10(7-16)8-17/h1,4-5,10H,2-3,6-9,16H2/t10-/m0/s1. The molecule has 0 radical (unpaired) electrons. The van der Waals surface area contributed by atoms with Gasteiger partial charge in [-0.05, 0) is 44.0 Å². The second-order valence-electron chi connectivity index (χ2n) is 4.68. The third-order valence-electron chi connectivity index (χ3n) is 3.38. The monoisotopic (exact) mass is 240 g/mol. The zero-order valence-corrected chi connectivity index (χ0v) is 9.83. The lowest BCUT2D eigenvalue weighted by molar-refractivity contribution is 0.167. The molecule has 1 atom stereocenters. The number of hydrogen-bond acceptors (Lipinski definition) is 2. The summed E-state index contributed by atoms with van der Waals surface area (Å²) in [6, 6.07) is 4.01. The first kappa shape index (κ1) is 12.5. The van der Waals surface area contributed by atoms with Gasteiger partial charge in [0.15, 0.2) is 0 Å². The van der Waals surface area contributed by atoms with E-state index in [2.05, 4.69) is 4.90 Å². The van der Waals surface area contributed by atoms with Crippen LogP contribution < -0.4 is 5.73 Å². The SMILES string of the molecule is NC[C@@H]1CCCN(Cc2c(F)cccc2F)C1. The van der Waals surface area contributed by atoms with Crippen molar-refractivity contribution in [2.24, 2.45) is 11.7 Å². The predicted molar refractivity (Wildman–Crippen MR) is 63.4 cm³/mol. The fraction of sp³-hybridized carbons (Fsp3) is 0.538. The van der Waals surface area contributed by atoms with Crippen molar-refractivity contribution in [3.8, 4) is 0 Å². The van der Waals surface area contributed by atoms with E-state index in [4.69, 9.17) is 5.73 Å². The molecule has 1 aromatic rings. The van der Waals surface area contributed by atoms with Crippen molar-refractivity contribution >= 4 is 0 Å². The van der Waals surface area contributed by atoms with Crippen molar-refractivity contribution in [2.45, 2.75) is 19.4 Å². The lowest BCUT2D eigenvalue weighted by atomic mass is 9.98. The first-order chi connectivity index (χ1) is 8.20. The van der Waals surface area contributed by atoms with Crippen molar-refractivity contribution in [1.29, 1.82) is 0 Å². The van der Waals surface area contributed by atoms with Crippen LogP contribution in [0.25, 0.3) is 0 Å². The molecule has 2 N–H and O–H groups in total. The van der Waals surface area contributed by atoms with Crippen LogP contribution in [0.2, 0.25) is 0 Å². The number of hydrogen-bond donors (Lipinski definition) is 1. The first-order valence-corrected chi connectivity index (χ1v) is 6.06. The molecule has 1 aliphatic heterocycles. The van der Waals surface area contributed by atoms with Crippen molar-refractivity contribution in [1.82, 2.24) is 4.90 Å². The van der Waals surface area contributed by atoms with E-state index in [-0.39, 0.29) is 5.56 Å². The van der Waals surface area contributed by atoms with E-state index >= 15 is 0 Å². The van der Waals surface area contributed by atoms with Crippen molar-refractivity contribution in [3.63, 3.8) is 0 Å². The maximum atomic E-state index is 13.5. The van der Waals surface area contributed by atoms with Gasteiger partial charge in [-0.3, -0.25) is 4.90 Å². The van der Waals surface area contributed by atoms with Gasteiger partial charge in [-0.2, -0.15) is 0 Å². The molecule has 0 aromatic heterocycles. The maximum Gasteiger partial charge on any atom is 0.130 e. The molecule has 0 amide bonds. The third-order valence-corrected chi connectivity index (χ3v) is 3.38. The van der Waals surface area contributed by atoms with Crippen LogP contribution in [-0.4, -0.2) is 24.5 Å². The Labute approximate surface area is 100 Å². The molecule has 0 bridgehead atoms. The van der Waals surface area contributed by atoms with Crippen LogP contribution in [0.1, 0.15) is 18.4 Å². The average molecular weight is 240 g/mol. The highest BCUT2D eigenvalue weighted by atomic mass is 19.1. The Morgan fingerprint density at radius 1 is 1.29 bits per heavy atom. The first-order valence-electron chi connectivity index (χ1n) is 6.06. The molecule has 2 nitrogen and oxygen atoms in total. The molecule has 1 saturated heterocycles. The minimum absolute atomic E-state index is 0.171. The second-order valence-corrected chi connectivity index (χ2v) is 4.68. The lowest BCUT2D eigenvalue weighted by Crippen LogP contribution is -2.38. The summed E-state index contributed by atoms with van der Waals surface area (Å²) < 4.78 is 27.0. The largest absolute Gasteiger partial charge is 0.330 e. The van der Waals surface area contributed by atoms with E-state index < -0.39 is 11.6 Å². The highest BCUT2D eigenvalue weighted by Gasteiger charge is 2.20. The molecule has 1 aliphatic rings. The molecule has 94 valence electrons. The smallest absolute Gasteiger partial charge is 0.130 e. The van der Waals surface area contributed by atoms with E-state index in [1.807, 2.05) is 0 Å². The zero-order valence-electron chi connectivity index (χ0n) is 9.83. The van der Waals surface area contributed by atoms with E-state index in [1.165, 1.54) is 18.2 Å². The number of likely N-dealkylation sites (tertiary alicyclic amines) is 1. The van der Waals surface area contributed by atoms with Crippen LogP contribution >= 0.6 is 0 Å². The number of rotatable bonds is 3. The summed E-state index contributed by atoms with van der Waals surface area (Å²) in [6.45, 7) is 2.72. The van der Waals surface area contributed by atoms with Crippen LogP contribution in [0.15, 0.2) is 18.2 Å². The third kappa shape index (κ3) is 3.01. The van der Waals surface area contributed by atoms with Gasteiger partial charge in [-0.25, -0.2) is 8.78 Å². The van der Waals surface area contributed by atoms with Crippen molar-refractivity contribution in [3.05, 3.63) is 35.4 Å². The lowest BCUT2D eigenvalue weighted by Gasteiger charge is -2.32. The number of halogens is 2. The number of piperidine rings is 1. The number of nitrogens with two attached hydrogens (primary N) is 1. The molecular weight excluding hydrogens is 222 g/mol. The summed E-state index contributed by atoms with van der Waals surface area (Å²) >= 11 is 0. The number of benzene rings is 1. The van der Waals surface area contributed by atoms with E-state index in [0.29, 0.717) is 19.0 Å². The minimum Gasteiger partial charge on any atom is -0.330 e. The minimum atomic E-state index is -0.458. The Balaban J connectivity index is 2.05. The molecule has 4 heteroatoms. The van der Waals surface area contributed by atoms with Crippen molar-refractivity contribution in [2.75, 3.05) is 19.6 Å². The van der Waals surface area contributed by atoms with Gasteiger partial charge in [0.05, 0.1) is 0 Å². The summed E-state index contributed by atoms with van der Waals surface area (Å²) in [5.74, 6) is -0.460. The Bertz CT molecular complexity index is 361. The summed E-state index contributed by atoms with van der Waals surface area (Å²) in [7, 11) is 0. The van der Waals surface area contributed by atoms with Gasteiger partial charge in [0, 0.05) is 18.7 Å². The van der Waals surface area contributed by atoms with Crippen LogP contribution in [0.5, 0.6) is 0 Å². The van der Waals surface area contributed by atoms with Gasteiger partial charge in [0.25, 0.3) is 0 Å². The van der Waals surface area contributed by atoms with Crippen molar-refractivity contribution < 1.29 is 8.78 Å². The second kappa shape index (κ2) is 5.56. The highest BCUT2D eigenvalue weighted by Crippen LogP contribution is 2.20. The van der Waals surface area contributed by atoms with Gasteiger partial charge in [-0.15, -0.1) is 0 Å². The Morgan fingerprint density at radius 2 is 2.00 bits per heavy atom.